The first kappa shape index (κ1) is 14.0. The lowest BCUT2D eigenvalue weighted by molar-refractivity contribution is 0.732. The number of nitrogens with zero attached hydrogens (tertiary/aromatic N) is 3. The molecule has 0 aliphatic carbocycles. The molecule has 1 heterocycles. The number of anilines is 2. The molecule has 5 nitrogen and oxygen atoms in total. The Labute approximate surface area is 107 Å². The molecular formula is C11H21N5S. The van der Waals surface area contributed by atoms with Gasteiger partial charge in [-0.25, -0.2) is 0 Å². The van der Waals surface area contributed by atoms with Crippen molar-refractivity contribution in [1.82, 2.24) is 15.0 Å². The van der Waals surface area contributed by atoms with E-state index in [9.17, 15) is 0 Å². The molecule has 0 radical (unpaired) electrons. The molecule has 0 aromatic carbocycles. The number of aromatic nitrogens is 3. The average Bonchev–Trinajstić information content (AvgIpc) is 2.26. The van der Waals surface area contributed by atoms with Crippen molar-refractivity contribution in [2.24, 2.45) is 0 Å². The van der Waals surface area contributed by atoms with Gasteiger partial charge in [0.05, 0.1) is 0 Å². The maximum Gasteiger partial charge on any atom is 0.227 e. The summed E-state index contributed by atoms with van der Waals surface area (Å²) in [5.41, 5.74) is 5.66. The molecule has 0 bridgehead atoms. The van der Waals surface area contributed by atoms with E-state index < -0.39 is 0 Å². The summed E-state index contributed by atoms with van der Waals surface area (Å²) in [4.78, 5) is 12.5. The molecule has 0 unspecified atom stereocenters. The number of thioether (sulfide) groups is 1. The Morgan fingerprint density at radius 2 is 1.94 bits per heavy atom. The van der Waals surface area contributed by atoms with Crippen LogP contribution in [0.2, 0.25) is 0 Å². The molecule has 0 spiro atoms. The van der Waals surface area contributed by atoms with Gasteiger partial charge in [0, 0.05) is 17.2 Å². The van der Waals surface area contributed by atoms with Gasteiger partial charge in [-0.15, -0.1) is 0 Å². The summed E-state index contributed by atoms with van der Waals surface area (Å²) in [5.74, 6) is 1.80. The molecular weight excluding hydrogens is 234 g/mol. The Kier molecular flexibility index (Phi) is 4.56. The normalized spacial score (nSPS) is 11.9. The van der Waals surface area contributed by atoms with E-state index in [1.807, 2.05) is 13.8 Å². The minimum Gasteiger partial charge on any atom is -0.368 e. The topological polar surface area (TPSA) is 76.7 Å². The zero-order chi connectivity index (χ0) is 13.1. The lowest BCUT2D eigenvalue weighted by Gasteiger charge is -2.22. The monoisotopic (exact) mass is 255 g/mol. The van der Waals surface area contributed by atoms with Crippen LogP contribution in [0.5, 0.6) is 0 Å². The van der Waals surface area contributed by atoms with Crippen LogP contribution < -0.4 is 11.1 Å². The second kappa shape index (κ2) is 5.53. The van der Waals surface area contributed by atoms with E-state index in [4.69, 9.17) is 5.73 Å². The van der Waals surface area contributed by atoms with Crippen LogP contribution in [0.25, 0.3) is 0 Å². The molecule has 0 fully saturated rings. The van der Waals surface area contributed by atoms with Gasteiger partial charge < -0.3 is 11.1 Å². The quantitative estimate of drug-likeness (QED) is 0.839. The fourth-order valence-electron chi connectivity index (χ4n) is 1.11. The Morgan fingerprint density at radius 3 is 2.47 bits per heavy atom. The van der Waals surface area contributed by atoms with E-state index in [-0.39, 0.29) is 16.6 Å². The van der Waals surface area contributed by atoms with Gasteiger partial charge in [-0.05, 0) is 20.1 Å². The maximum absolute atomic E-state index is 5.66. The molecule has 0 amide bonds. The first-order valence-corrected chi connectivity index (χ1v) is 6.87. The van der Waals surface area contributed by atoms with Crippen LogP contribution >= 0.6 is 11.8 Å². The van der Waals surface area contributed by atoms with Gasteiger partial charge in [0.25, 0.3) is 0 Å². The average molecular weight is 255 g/mol. The molecule has 0 saturated carbocycles. The van der Waals surface area contributed by atoms with Crippen molar-refractivity contribution in [2.75, 3.05) is 23.9 Å². The molecule has 6 heteroatoms. The Hall–Kier alpha value is -1.04. The van der Waals surface area contributed by atoms with Crippen LogP contribution in [0.3, 0.4) is 0 Å². The zero-order valence-corrected chi connectivity index (χ0v) is 11.9. The van der Waals surface area contributed by atoms with E-state index in [2.05, 4.69) is 40.4 Å². The van der Waals surface area contributed by atoms with E-state index in [0.29, 0.717) is 5.95 Å². The van der Waals surface area contributed by atoms with Crippen LogP contribution in [-0.4, -0.2) is 32.5 Å². The summed E-state index contributed by atoms with van der Waals surface area (Å²) in [5, 5.41) is 3.21. The van der Waals surface area contributed by atoms with Crippen LogP contribution in [-0.2, 0) is 0 Å². The number of nitrogen functional groups attached to an aromatic ring is 1. The van der Waals surface area contributed by atoms with Crippen molar-refractivity contribution < 1.29 is 0 Å². The Bertz CT molecular complexity index is 378. The van der Waals surface area contributed by atoms with Gasteiger partial charge in [0.15, 0.2) is 0 Å². The molecule has 1 rings (SSSR count). The number of nitrogens with one attached hydrogen (secondary N) is 1. The molecule has 0 saturated heterocycles. The zero-order valence-electron chi connectivity index (χ0n) is 11.1. The molecule has 96 valence electrons. The second-order valence-corrected chi connectivity index (χ2v) is 6.36. The highest BCUT2D eigenvalue weighted by Crippen LogP contribution is 2.21. The largest absolute Gasteiger partial charge is 0.368 e. The fraction of sp³-hybridized carbons (Fsp3) is 0.727. The molecule has 3 N–H and O–H groups in total. The van der Waals surface area contributed by atoms with Gasteiger partial charge in [-0.1, -0.05) is 13.8 Å². The van der Waals surface area contributed by atoms with Crippen molar-refractivity contribution in [3.63, 3.8) is 0 Å². The Balaban J connectivity index is 2.78. The maximum atomic E-state index is 5.66. The lowest BCUT2D eigenvalue weighted by atomic mass is 10.2. The third kappa shape index (κ3) is 4.38. The number of hydrogen-bond donors (Lipinski definition) is 2. The predicted octanol–water partition coefficient (Wildman–Crippen LogP) is 2.13. The summed E-state index contributed by atoms with van der Waals surface area (Å²) < 4.78 is 0.138. The summed E-state index contributed by atoms with van der Waals surface area (Å²) in [7, 11) is 0. The highest BCUT2D eigenvalue weighted by atomic mass is 32.2. The molecule has 1 aromatic rings. The summed E-state index contributed by atoms with van der Waals surface area (Å²) in [6.45, 7) is 9.18. The standard InChI is InChI=1S/C11H21N5S/c1-7(2)8-14-9(12)16-10(15-8)13-6-11(3,4)17-5/h7H,6H2,1-5H3,(H3,12,13,14,15,16). The highest BCUT2D eigenvalue weighted by molar-refractivity contribution is 7.99. The molecule has 0 atom stereocenters. The third-order valence-electron chi connectivity index (χ3n) is 2.41. The van der Waals surface area contributed by atoms with Crippen molar-refractivity contribution >= 4 is 23.7 Å². The highest BCUT2D eigenvalue weighted by Gasteiger charge is 2.16. The molecule has 0 aliphatic heterocycles. The van der Waals surface area contributed by atoms with E-state index >= 15 is 0 Å². The fourth-order valence-corrected chi connectivity index (χ4v) is 1.33. The molecule has 1 aromatic heterocycles. The van der Waals surface area contributed by atoms with Crippen molar-refractivity contribution in [3.05, 3.63) is 5.82 Å². The number of rotatable bonds is 5. The smallest absolute Gasteiger partial charge is 0.227 e. The van der Waals surface area contributed by atoms with Crippen LogP contribution in [0, 0.1) is 0 Å². The Morgan fingerprint density at radius 1 is 1.29 bits per heavy atom. The van der Waals surface area contributed by atoms with E-state index in [1.165, 1.54) is 0 Å². The summed E-state index contributed by atoms with van der Waals surface area (Å²) >= 11 is 1.80. The predicted molar refractivity (Wildman–Crippen MR) is 74.4 cm³/mol. The van der Waals surface area contributed by atoms with Gasteiger partial charge >= 0.3 is 0 Å². The van der Waals surface area contributed by atoms with Crippen molar-refractivity contribution in [2.45, 2.75) is 38.4 Å². The van der Waals surface area contributed by atoms with Crippen molar-refractivity contribution in [3.8, 4) is 0 Å². The number of hydrogen-bond acceptors (Lipinski definition) is 6. The van der Waals surface area contributed by atoms with Gasteiger partial charge in [0.1, 0.15) is 5.82 Å². The van der Waals surface area contributed by atoms with E-state index in [0.717, 1.165) is 12.4 Å². The second-order valence-electron chi connectivity index (χ2n) is 4.85. The third-order valence-corrected chi connectivity index (χ3v) is 3.66. The van der Waals surface area contributed by atoms with Gasteiger partial charge in [-0.3, -0.25) is 0 Å². The van der Waals surface area contributed by atoms with Crippen LogP contribution in [0.4, 0.5) is 11.9 Å². The minimum absolute atomic E-state index is 0.138. The van der Waals surface area contributed by atoms with Crippen molar-refractivity contribution in [1.29, 1.82) is 0 Å². The summed E-state index contributed by atoms with van der Waals surface area (Å²) in [6, 6.07) is 0. The minimum atomic E-state index is 0.138. The first-order chi connectivity index (χ1) is 7.84. The van der Waals surface area contributed by atoms with E-state index in [1.54, 1.807) is 11.8 Å². The first-order valence-electron chi connectivity index (χ1n) is 5.64. The van der Waals surface area contributed by atoms with Crippen LogP contribution in [0.1, 0.15) is 39.4 Å². The molecule has 17 heavy (non-hydrogen) atoms. The molecule has 0 aliphatic rings. The SMILES string of the molecule is CSC(C)(C)CNc1nc(N)nc(C(C)C)n1. The van der Waals surface area contributed by atoms with Gasteiger partial charge in [-0.2, -0.15) is 26.7 Å². The van der Waals surface area contributed by atoms with Crippen LogP contribution in [0.15, 0.2) is 0 Å². The lowest BCUT2D eigenvalue weighted by Crippen LogP contribution is -2.27. The number of nitrogens with two attached hydrogens (primary N) is 1. The van der Waals surface area contributed by atoms with Gasteiger partial charge in [0.2, 0.25) is 11.9 Å². The summed E-state index contributed by atoms with van der Waals surface area (Å²) in [6.07, 6.45) is 2.09.